The first kappa shape index (κ1) is 18.4. The first-order valence-electron chi connectivity index (χ1n) is 10.1. The highest BCUT2D eigenvalue weighted by Gasteiger charge is 2.56. The highest BCUT2D eigenvalue weighted by molar-refractivity contribution is 7.10. The highest BCUT2D eigenvalue weighted by atomic mass is 32.1. The van der Waals surface area contributed by atoms with Crippen molar-refractivity contribution in [1.29, 1.82) is 0 Å². The Morgan fingerprint density at radius 1 is 1.28 bits per heavy atom. The van der Waals surface area contributed by atoms with E-state index in [0.29, 0.717) is 6.42 Å². The van der Waals surface area contributed by atoms with Gasteiger partial charge in [-0.1, -0.05) is 18.2 Å². The van der Waals surface area contributed by atoms with Gasteiger partial charge in [0.1, 0.15) is 11.6 Å². The van der Waals surface area contributed by atoms with E-state index in [9.17, 15) is 14.4 Å². The predicted octanol–water partition coefficient (Wildman–Crippen LogP) is 3.20. The van der Waals surface area contributed by atoms with Gasteiger partial charge in [0.15, 0.2) is 0 Å². The van der Waals surface area contributed by atoms with Crippen LogP contribution in [-0.4, -0.2) is 34.8 Å². The molecule has 2 aliphatic heterocycles. The molecule has 2 aromatic rings. The molecule has 3 atom stereocenters. The van der Waals surface area contributed by atoms with Crippen LogP contribution in [0.5, 0.6) is 0 Å². The van der Waals surface area contributed by atoms with Crippen molar-refractivity contribution in [2.24, 2.45) is 0 Å². The van der Waals surface area contributed by atoms with Crippen LogP contribution >= 0.6 is 11.3 Å². The minimum atomic E-state index is -1.02. The van der Waals surface area contributed by atoms with E-state index in [1.165, 1.54) is 0 Å². The SMILES string of the molecule is C[C@@H](C(=O)N1c2ccccc2C[C@@H]1C)N1C(=O)N[C@]2(CCCc3sccc32)C1=O. The number of amides is 4. The fourth-order valence-electron chi connectivity index (χ4n) is 5.07. The summed E-state index contributed by atoms with van der Waals surface area (Å²) in [5, 5.41) is 4.91. The van der Waals surface area contributed by atoms with Gasteiger partial charge in [0.25, 0.3) is 5.91 Å². The first-order chi connectivity index (χ1) is 13.9. The fraction of sp³-hybridized carbons (Fsp3) is 0.409. The molecule has 1 saturated heterocycles. The summed E-state index contributed by atoms with van der Waals surface area (Å²) in [6, 6.07) is 8.41. The lowest BCUT2D eigenvalue weighted by Gasteiger charge is -2.33. The van der Waals surface area contributed by atoms with E-state index >= 15 is 0 Å². The van der Waals surface area contributed by atoms with Crippen molar-refractivity contribution >= 4 is 34.9 Å². The van der Waals surface area contributed by atoms with Crippen LogP contribution in [-0.2, 0) is 28.0 Å². The summed E-state index contributed by atoms with van der Waals surface area (Å²) in [6.07, 6.45) is 3.11. The number of aryl methyl sites for hydroxylation is 1. The van der Waals surface area contributed by atoms with Gasteiger partial charge >= 0.3 is 6.03 Å². The van der Waals surface area contributed by atoms with Crippen LogP contribution in [0, 0.1) is 0 Å². The third-order valence-corrected chi connectivity index (χ3v) is 7.45. The summed E-state index contributed by atoms with van der Waals surface area (Å²) in [5.41, 5.74) is 1.86. The quantitative estimate of drug-likeness (QED) is 0.775. The average molecular weight is 410 g/mol. The zero-order valence-electron chi connectivity index (χ0n) is 16.5. The Kier molecular flexibility index (Phi) is 4.07. The Labute approximate surface area is 173 Å². The Balaban J connectivity index is 1.47. The van der Waals surface area contributed by atoms with Gasteiger partial charge in [-0.05, 0) is 62.6 Å². The third-order valence-electron chi connectivity index (χ3n) is 6.47. The number of nitrogens with zero attached hydrogens (tertiary/aromatic N) is 2. The Hall–Kier alpha value is -2.67. The number of para-hydroxylation sites is 1. The number of imide groups is 1. The van der Waals surface area contributed by atoms with Gasteiger partial charge in [-0.15, -0.1) is 11.3 Å². The van der Waals surface area contributed by atoms with Crippen LogP contribution in [0.3, 0.4) is 0 Å². The van der Waals surface area contributed by atoms with Crippen LogP contribution in [0.2, 0.25) is 0 Å². The molecule has 4 amide bonds. The largest absolute Gasteiger partial charge is 0.326 e. The lowest BCUT2D eigenvalue weighted by Crippen LogP contribution is -2.52. The number of thiophene rings is 1. The van der Waals surface area contributed by atoms with Crippen LogP contribution in [0.25, 0.3) is 0 Å². The van der Waals surface area contributed by atoms with Crippen molar-refractivity contribution in [3.63, 3.8) is 0 Å². The van der Waals surface area contributed by atoms with Crippen LogP contribution in [0.15, 0.2) is 35.7 Å². The van der Waals surface area contributed by atoms with Crippen LogP contribution < -0.4 is 10.2 Å². The maximum absolute atomic E-state index is 13.5. The number of benzene rings is 1. The molecule has 1 N–H and O–H groups in total. The minimum Gasteiger partial charge on any atom is -0.319 e. The number of anilines is 1. The maximum Gasteiger partial charge on any atom is 0.326 e. The molecule has 1 aliphatic carbocycles. The van der Waals surface area contributed by atoms with Crippen molar-refractivity contribution in [2.45, 2.75) is 57.2 Å². The molecule has 6 nitrogen and oxygen atoms in total. The van der Waals surface area contributed by atoms with E-state index in [4.69, 9.17) is 0 Å². The number of hydrogen-bond acceptors (Lipinski definition) is 4. The van der Waals surface area contributed by atoms with E-state index < -0.39 is 17.6 Å². The van der Waals surface area contributed by atoms with E-state index in [1.807, 2.05) is 42.6 Å². The topological polar surface area (TPSA) is 69.7 Å². The molecule has 0 bridgehead atoms. The Morgan fingerprint density at radius 3 is 2.90 bits per heavy atom. The molecule has 3 aliphatic rings. The number of urea groups is 1. The third kappa shape index (κ3) is 2.50. The highest BCUT2D eigenvalue weighted by Crippen LogP contribution is 2.43. The van der Waals surface area contributed by atoms with Gasteiger partial charge in [-0.3, -0.25) is 9.59 Å². The van der Waals surface area contributed by atoms with Gasteiger partial charge in [0, 0.05) is 22.2 Å². The second-order valence-corrected chi connectivity index (χ2v) is 9.19. The second kappa shape index (κ2) is 6.42. The zero-order valence-corrected chi connectivity index (χ0v) is 17.3. The molecule has 150 valence electrons. The van der Waals surface area contributed by atoms with E-state index in [0.717, 1.165) is 45.9 Å². The van der Waals surface area contributed by atoms with Gasteiger partial charge in [-0.25, -0.2) is 9.69 Å². The van der Waals surface area contributed by atoms with Crippen LogP contribution in [0.1, 0.15) is 42.7 Å². The van der Waals surface area contributed by atoms with Crippen molar-refractivity contribution < 1.29 is 14.4 Å². The molecule has 0 saturated carbocycles. The molecule has 7 heteroatoms. The summed E-state index contributed by atoms with van der Waals surface area (Å²) in [4.78, 5) is 43.9. The van der Waals surface area contributed by atoms with Crippen molar-refractivity contribution in [2.75, 3.05) is 4.90 Å². The van der Waals surface area contributed by atoms with Crippen molar-refractivity contribution in [1.82, 2.24) is 10.2 Å². The molecule has 0 radical (unpaired) electrons. The summed E-state index contributed by atoms with van der Waals surface area (Å²) >= 11 is 1.62. The summed E-state index contributed by atoms with van der Waals surface area (Å²) < 4.78 is 0. The number of hydrogen-bond donors (Lipinski definition) is 1. The number of carbonyl (C=O) groups excluding carboxylic acids is 3. The molecular formula is C22H23N3O3S. The zero-order chi connectivity index (χ0) is 20.3. The van der Waals surface area contributed by atoms with Gasteiger partial charge in [0.2, 0.25) is 5.91 Å². The van der Waals surface area contributed by atoms with Crippen molar-refractivity contribution in [3.05, 3.63) is 51.7 Å². The predicted molar refractivity (Wildman–Crippen MR) is 111 cm³/mol. The lowest BCUT2D eigenvalue weighted by molar-refractivity contribution is -0.137. The molecule has 1 aromatic heterocycles. The number of nitrogens with one attached hydrogen (secondary N) is 1. The molecule has 5 rings (SSSR count). The molecule has 0 unspecified atom stereocenters. The monoisotopic (exact) mass is 409 g/mol. The molecule has 3 heterocycles. The summed E-state index contributed by atoms with van der Waals surface area (Å²) in [6.45, 7) is 3.65. The van der Waals surface area contributed by atoms with E-state index in [2.05, 4.69) is 5.32 Å². The number of rotatable bonds is 2. The molecule has 1 spiro atoms. The Bertz CT molecular complexity index is 1030. The first-order valence-corrected chi connectivity index (χ1v) is 11.0. The lowest BCUT2D eigenvalue weighted by atomic mass is 9.80. The average Bonchev–Trinajstić information content (AvgIpc) is 3.37. The molecule has 1 fully saturated rings. The summed E-state index contributed by atoms with van der Waals surface area (Å²) in [5.74, 6) is -0.521. The van der Waals surface area contributed by atoms with Crippen molar-refractivity contribution in [3.8, 4) is 0 Å². The maximum atomic E-state index is 13.5. The fourth-order valence-corrected chi connectivity index (χ4v) is 6.07. The van der Waals surface area contributed by atoms with Crippen LogP contribution in [0.4, 0.5) is 10.5 Å². The second-order valence-electron chi connectivity index (χ2n) is 8.19. The smallest absolute Gasteiger partial charge is 0.319 e. The number of carbonyl (C=O) groups is 3. The summed E-state index contributed by atoms with van der Waals surface area (Å²) in [7, 11) is 0. The Morgan fingerprint density at radius 2 is 2.07 bits per heavy atom. The number of fused-ring (bicyclic) bond motifs is 3. The minimum absolute atomic E-state index is 0.00441. The molecule has 29 heavy (non-hydrogen) atoms. The normalized spacial score (nSPS) is 26.5. The van der Waals surface area contributed by atoms with Gasteiger partial charge in [0.05, 0.1) is 0 Å². The standard InChI is InChI=1S/C22H23N3O3S/c1-13-12-15-6-3-4-7-17(15)24(13)19(26)14(2)25-20(27)22(23-21(25)28)10-5-8-18-16(22)9-11-29-18/h3-4,6-7,9,11,13-14H,5,8,10,12H2,1-2H3,(H,23,28)/t13-,14-,22-/m0/s1. The van der Waals surface area contributed by atoms with E-state index in [-0.39, 0.29) is 17.9 Å². The molecule has 1 aromatic carbocycles. The molecular weight excluding hydrogens is 386 g/mol. The van der Waals surface area contributed by atoms with E-state index in [1.54, 1.807) is 23.2 Å². The van der Waals surface area contributed by atoms with Gasteiger partial charge < -0.3 is 10.2 Å². The van der Waals surface area contributed by atoms with Gasteiger partial charge in [-0.2, -0.15) is 0 Å².